The van der Waals surface area contributed by atoms with E-state index in [0.29, 0.717) is 5.82 Å². The third-order valence-corrected chi connectivity index (χ3v) is 1.70. The van der Waals surface area contributed by atoms with Gasteiger partial charge < -0.3 is 5.73 Å². The Morgan fingerprint density at radius 2 is 1.77 bits per heavy atom. The number of pyridine rings is 1. The van der Waals surface area contributed by atoms with Gasteiger partial charge in [0.15, 0.2) is 0 Å². The highest BCUT2D eigenvalue weighted by atomic mass is 15.1. The Morgan fingerprint density at radius 3 is 2.38 bits per heavy atom. The van der Waals surface area contributed by atoms with Gasteiger partial charge in [0.2, 0.25) is 0 Å². The molecule has 0 aromatic carbocycles. The summed E-state index contributed by atoms with van der Waals surface area (Å²) in [5, 5.41) is 7.47. The molecule has 4 heteroatoms. The lowest BCUT2D eigenvalue weighted by molar-refractivity contribution is 1.03. The van der Waals surface area contributed by atoms with Crippen molar-refractivity contribution < 1.29 is 0 Å². The van der Waals surface area contributed by atoms with Gasteiger partial charge in [0.05, 0.1) is 12.4 Å². The normalized spacial score (nSPS) is 9.85. The van der Waals surface area contributed by atoms with E-state index in [2.05, 4.69) is 15.2 Å². The van der Waals surface area contributed by atoms with E-state index in [1.807, 2.05) is 12.1 Å². The molecule has 2 aromatic rings. The van der Waals surface area contributed by atoms with Gasteiger partial charge in [-0.1, -0.05) is 0 Å². The van der Waals surface area contributed by atoms with Gasteiger partial charge in [-0.2, -0.15) is 10.2 Å². The predicted octanol–water partition coefficient (Wildman–Crippen LogP) is 1.12. The van der Waals surface area contributed by atoms with Gasteiger partial charge in [-0.05, 0) is 18.2 Å². The quantitative estimate of drug-likeness (QED) is 0.700. The monoisotopic (exact) mass is 172 g/mol. The van der Waals surface area contributed by atoms with Crippen molar-refractivity contribution in [1.29, 1.82) is 0 Å². The number of hydrogen-bond acceptors (Lipinski definition) is 4. The molecule has 0 saturated heterocycles. The van der Waals surface area contributed by atoms with Gasteiger partial charge in [0.1, 0.15) is 5.82 Å². The summed E-state index contributed by atoms with van der Waals surface area (Å²) < 4.78 is 0. The summed E-state index contributed by atoms with van der Waals surface area (Å²) in [5.41, 5.74) is 7.44. The Bertz CT molecular complexity index is 382. The lowest BCUT2D eigenvalue weighted by Gasteiger charge is -1.98. The fraction of sp³-hybridized carbons (Fsp3) is 0. The molecule has 2 rings (SSSR count). The van der Waals surface area contributed by atoms with Gasteiger partial charge >= 0.3 is 0 Å². The standard InChI is InChI=1S/C9H8N4/c10-9-2-1-7(5-11-9)8-3-4-12-13-6-8/h1-6H,(H2,10,11). The number of nitrogens with two attached hydrogens (primary N) is 1. The van der Waals surface area contributed by atoms with E-state index >= 15 is 0 Å². The molecule has 0 bridgehead atoms. The maximum Gasteiger partial charge on any atom is 0.123 e. The average Bonchev–Trinajstić information content (AvgIpc) is 2.20. The van der Waals surface area contributed by atoms with Crippen molar-refractivity contribution in [3.63, 3.8) is 0 Å². The zero-order chi connectivity index (χ0) is 9.10. The maximum atomic E-state index is 5.47. The summed E-state index contributed by atoms with van der Waals surface area (Å²) in [6, 6.07) is 5.54. The summed E-state index contributed by atoms with van der Waals surface area (Å²) in [4.78, 5) is 3.99. The molecule has 0 unspecified atom stereocenters. The molecule has 0 radical (unpaired) electrons. The summed E-state index contributed by atoms with van der Waals surface area (Å²) in [6.45, 7) is 0. The van der Waals surface area contributed by atoms with Crippen molar-refractivity contribution in [3.05, 3.63) is 36.8 Å². The molecule has 2 N–H and O–H groups in total. The summed E-state index contributed by atoms with van der Waals surface area (Å²) in [6.07, 6.45) is 5.05. The van der Waals surface area contributed by atoms with E-state index in [-0.39, 0.29) is 0 Å². The molecular weight excluding hydrogens is 164 g/mol. The highest BCUT2D eigenvalue weighted by molar-refractivity contribution is 5.61. The molecule has 0 saturated carbocycles. The van der Waals surface area contributed by atoms with E-state index in [1.165, 1.54) is 0 Å². The van der Waals surface area contributed by atoms with Crippen LogP contribution >= 0.6 is 0 Å². The van der Waals surface area contributed by atoms with Crippen molar-refractivity contribution in [1.82, 2.24) is 15.2 Å². The van der Waals surface area contributed by atoms with Crippen molar-refractivity contribution in [2.75, 3.05) is 5.73 Å². The lowest BCUT2D eigenvalue weighted by Crippen LogP contribution is -1.89. The first-order valence-corrected chi connectivity index (χ1v) is 3.85. The topological polar surface area (TPSA) is 64.7 Å². The summed E-state index contributed by atoms with van der Waals surface area (Å²) >= 11 is 0. The van der Waals surface area contributed by atoms with Crippen molar-refractivity contribution in [2.45, 2.75) is 0 Å². The fourth-order valence-electron chi connectivity index (χ4n) is 1.04. The molecular formula is C9H8N4. The SMILES string of the molecule is Nc1ccc(-c2ccnnc2)cn1. The van der Waals surface area contributed by atoms with Crippen LogP contribution in [0.15, 0.2) is 36.8 Å². The molecule has 0 atom stereocenters. The number of aromatic nitrogens is 3. The van der Waals surface area contributed by atoms with Gasteiger partial charge in [0, 0.05) is 17.3 Å². The second kappa shape index (κ2) is 3.18. The Kier molecular flexibility index (Phi) is 1.88. The third kappa shape index (κ3) is 1.61. The van der Waals surface area contributed by atoms with Crippen LogP contribution in [0.1, 0.15) is 0 Å². The Balaban J connectivity index is 2.42. The second-order valence-electron chi connectivity index (χ2n) is 2.60. The van der Waals surface area contributed by atoms with Crippen LogP contribution in [-0.4, -0.2) is 15.2 Å². The van der Waals surface area contributed by atoms with Crippen LogP contribution in [-0.2, 0) is 0 Å². The molecule has 0 aliphatic rings. The number of rotatable bonds is 1. The minimum absolute atomic E-state index is 0.519. The molecule has 64 valence electrons. The van der Waals surface area contributed by atoms with E-state index in [9.17, 15) is 0 Å². The Morgan fingerprint density at radius 1 is 0.923 bits per heavy atom. The highest BCUT2D eigenvalue weighted by Crippen LogP contribution is 2.16. The minimum Gasteiger partial charge on any atom is -0.384 e. The Labute approximate surface area is 75.5 Å². The van der Waals surface area contributed by atoms with Crippen LogP contribution in [0.2, 0.25) is 0 Å². The van der Waals surface area contributed by atoms with Crippen LogP contribution in [0.4, 0.5) is 5.82 Å². The van der Waals surface area contributed by atoms with Crippen LogP contribution in [0.3, 0.4) is 0 Å². The smallest absolute Gasteiger partial charge is 0.123 e. The molecule has 4 nitrogen and oxygen atoms in total. The lowest BCUT2D eigenvalue weighted by atomic mass is 10.1. The largest absolute Gasteiger partial charge is 0.384 e. The zero-order valence-corrected chi connectivity index (χ0v) is 6.88. The maximum absolute atomic E-state index is 5.47. The molecule has 13 heavy (non-hydrogen) atoms. The molecule has 0 fully saturated rings. The summed E-state index contributed by atoms with van der Waals surface area (Å²) in [7, 11) is 0. The van der Waals surface area contributed by atoms with E-state index < -0.39 is 0 Å². The number of anilines is 1. The van der Waals surface area contributed by atoms with Crippen molar-refractivity contribution in [2.24, 2.45) is 0 Å². The molecule has 0 spiro atoms. The minimum atomic E-state index is 0.519. The van der Waals surface area contributed by atoms with Crippen LogP contribution in [0, 0.1) is 0 Å². The predicted molar refractivity (Wildman–Crippen MR) is 49.7 cm³/mol. The van der Waals surface area contributed by atoms with E-state index in [0.717, 1.165) is 11.1 Å². The zero-order valence-electron chi connectivity index (χ0n) is 6.88. The highest BCUT2D eigenvalue weighted by Gasteiger charge is 1.96. The van der Waals surface area contributed by atoms with Gasteiger partial charge in [-0.15, -0.1) is 0 Å². The van der Waals surface area contributed by atoms with E-state index in [1.54, 1.807) is 24.7 Å². The number of nitrogen functional groups attached to an aromatic ring is 1. The fourth-order valence-corrected chi connectivity index (χ4v) is 1.04. The third-order valence-electron chi connectivity index (χ3n) is 1.70. The average molecular weight is 172 g/mol. The van der Waals surface area contributed by atoms with Crippen LogP contribution in [0.25, 0.3) is 11.1 Å². The van der Waals surface area contributed by atoms with Gasteiger partial charge in [-0.25, -0.2) is 4.98 Å². The molecule has 2 aromatic heterocycles. The first-order valence-electron chi connectivity index (χ1n) is 3.85. The number of hydrogen-bond donors (Lipinski definition) is 1. The molecule has 2 heterocycles. The molecule has 0 aliphatic carbocycles. The number of nitrogens with zero attached hydrogens (tertiary/aromatic N) is 3. The van der Waals surface area contributed by atoms with Crippen LogP contribution in [0.5, 0.6) is 0 Å². The molecule has 0 amide bonds. The first kappa shape index (κ1) is 7.67. The molecule has 0 aliphatic heterocycles. The summed E-state index contributed by atoms with van der Waals surface area (Å²) in [5.74, 6) is 0.519. The van der Waals surface area contributed by atoms with Gasteiger partial charge in [0.25, 0.3) is 0 Å². The second-order valence-corrected chi connectivity index (χ2v) is 2.60. The first-order chi connectivity index (χ1) is 6.36. The van der Waals surface area contributed by atoms with Crippen LogP contribution < -0.4 is 5.73 Å². The van der Waals surface area contributed by atoms with Crippen molar-refractivity contribution >= 4 is 5.82 Å². The van der Waals surface area contributed by atoms with Gasteiger partial charge in [-0.3, -0.25) is 0 Å². The Hall–Kier alpha value is -1.97. The van der Waals surface area contributed by atoms with E-state index in [4.69, 9.17) is 5.73 Å². The van der Waals surface area contributed by atoms with Crippen molar-refractivity contribution in [3.8, 4) is 11.1 Å².